The molecule has 2 fully saturated rings. The molecule has 0 radical (unpaired) electrons. The van der Waals surface area contributed by atoms with E-state index in [0.717, 1.165) is 24.8 Å². The Morgan fingerprint density at radius 1 is 1.17 bits per heavy atom. The molecule has 0 saturated carbocycles. The van der Waals surface area contributed by atoms with Crippen LogP contribution in [0, 0.1) is 0 Å². The first-order valence-corrected chi connectivity index (χ1v) is 6.80. The quantitative estimate of drug-likeness (QED) is 0.824. The molecule has 96 valence electrons. The molecule has 0 bridgehead atoms. The molecular weight excluding hydrogens is 226 g/mol. The summed E-state index contributed by atoms with van der Waals surface area (Å²) in [6.45, 7) is 0. The minimum absolute atomic E-state index is 0.0627. The van der Waals surface area contributed by atoms with Gasteiger partial charge in [-0.15, -0.1) is 0 Å². The summed E-state index contributed by atoms with van der Waals surface area (Å²) in [4.78, 5) is 14.2. The van der Waals surface area contributed by atoms with E-state index in [4.69, 9.17) is 0 Å². The number of hydrogen-bond donors (Lipinski definition) is 1. The van der Waals surface area contributed by atoms with Gasteiger partial charge in [-0.1, -0.05) is 30.3 Å². The fraction of sp³-hybridized carbons (Fsp3) is 0.533. The predicted octanol–water partition coefficient (Wildman–Crippen LogP) is 2.26. The first kappa shape index (κ1) is 11.7. The second-order valence-corrected chi connectivity index (χ2v) is 5.40. The molecule has 1 aromatic carbocycles. The van der Waals surface area contributed by atoms with Crippen LogP contribution in [0.25, 0.3) is 0 Å². The van der Waals surface area contributed by atoms with Gasteiger partial charge in [0, 0.05) is 12.5 Å². The van der Waals surface area contributed by atoms with Crippen molar-refractivity contribution in [2.24, 2.45) is 0 Å². The third-order valence-electron chi connectivity index (χ3n) is 4.17. The minimum atomic E-state index is -0.276. The third kappa shape index (κ3) is 2.03. The van der Waals surface area contributed by atoms with E-state index in [1.54, 1.807) is 0 Å². The van der Waals surface area contributed by atoms with Crippen molar-refractivity contribution in [2.45, 2.75) is 50.3 Å². The highest BCUT2D eigenvalue weighted by molar-refractivity contribution is 5.78. The molecule has 18 heavy (non-hydrogen) atoms. The summed E-state index contributed by atoms with van der Waals surface area (Å²) in [5, 5.41) is 10.0. The van der Waals surface area contributed by atoms with E-state index < -0.39 is 0 Å². The van der Waals surface area contributed by atoms with Gasteiger partial charge in [0.25, 0.3) is 0 Å². The number of carbonyl (C=O) groups is 1. The van der Waals surface area contributed by atoms with Crippen LogP contribution in [-0.2, 0) is 4.79 Å². The van der Waals surface area contributed by atoms with Gasteiger partial charge in [-0.2, -0.15) is 0 Å². The zero-order valence-electron chi connectivity index (χ0n) is 10.5. The van der Waals surface area contributed by atoms with Crippen LogP contribution >= 0.6 is 0 Å². The number of amides is 1. The van der Waals surface area contributed by atoms with Gasteiger partial charge in [0.2, 0.25) is 5.91 Å². The van der Waals surface area contributed by atoms with Crippen LogP contribution in [-0.4, -0.2) is 28.1 Å². The number of fused-ring (bicyclic) bond motifs is 1. The molecule has 3 atom stereocenters. The summed E-state index contributed by atoms with van der Waals surface area (Å²) in [5.74, 6) is 0.256. The van der Waals surface area contributed by atoms with Crippen LogP contribution in [0.3, 0.4) is 0 Å². The molecule has 2 saturated heterocycles. The molecular formula is C15H19NO2. The summed E-state index contributed by atoms with van der Waals surface area (Å²) >= 11 is 0. The van der Waals surface area contributed by atoms with Gasteiger partial charge >= 0.3 is 0 Å². The zero-order chi connectivity index (χ0) is 12.5. The molecule has 3 heteroatoms. The minimum Gasteiger partial charge on any atom is -0.393 e. The van der Waals surface area contributed by atoms with E-state index in [0.29, 0.717) is 12.8 Å². The summed E-state index contributed by atoms with van der Waals surface area (Å²) in [5.41, 5.74) is 1.15. The van der Waals surface area contributed by atoms with Crippen molar-refractivity contribution in [3.63, 3.8) is 0 Å². The van der Waals surface area contributed by atoms with Crippen molar-refractivity contribution >= 4 is 5.91 Å². The number of piperidine rings is 2. The lowest BCUT2D eigenvalue weighted by Crippen LogP contribution is -2.51. The van der Waals surface area contributed by atoms with Gasteiger partial charge < -0.3 is 10.0 Å². The lowest BCUT2D eigenvalue weighted by Gasteiger charge is -2.46. The van der Waals surface area contributed by atoms with E-state index >= 15 is 0 Å². The van der Waals surface area contributed by atoms with Gasteiger partial charge in [0.05, 0.1) is 12.1 Å². The summed E-state index contributed by atoms with van der Waals surface area (Å²) in [6, 6.07) is 10.4. The summed E-state index contributed by atoms with van der Waals surface area (Å²) < 4.78 is 0. The largest absolute Gasteiger partial charge is 0.393 e. The fourth-order valence-electron chi connectivity index (χ4n) is 3.37. The Labute approximate surface area is 107 Å². The van der Waals surface area contributed by atoms with Gasteiger partial charge in [-0.25, -0.2) is 0 Å². The van der Waals surface area contributed by atoms with Gasteiger partial charge in [-0.05, 0) is 31.2 Å². The Morgan fingerprint density at radius 3 is 2.72 bits per heavy atom. The smallest absolute Gasteiger partial charge is 0.223 e. The second-order valence-electron chi connectivity index (χ2n) is 5.40. The van der Waals surface area contributed by atoms with Crippen molar-refractivity contribution in [3.8, 4) is 0 Å². The number of rotatable bonds is 1. The highest BCUT2D eigenvalue weighted by Gasteiger charge is 2.40. The van der Waals surface area contributed by atoms with Crippen molar-refractivity contribution in [1.82, 2.24) is 4.90 Å². The van der Waals surface area contributed by atoms with Gasteiger partial charge in [0.1, 0.15) is 0 Å². The first-order valence-electron chi connectivity index (χ1n) is 6.80. The van der Waals surface area contributed by atoms with Crippen LogP contribution in [0.2, 0.25) is 0 Å². The number of carbonyl (C=O) groups excluding carboxylic acids is 1. The standard InChI is InChI=1S/C15H19NO2/c17-13-9-12-7-4-8-15(18)16(12)14(10-13)11-5-2-1-3-6-11/h1-3,5-6,12-14,17H,4,7-10H2. The normalized spacial score (nSPS) is 32.2. The Kier molecular flexibility index (Phi) is 3.08. The second kappa shape index (κ2) is 4.73. The molecule has 1 aromatic rings. The zero-order valence-corrected chi connectivity index (χ0v) is 10.5. The van der Waals surface area contributed by atoms with E-state index in [1.165, 1.54) is 0 Å². The average Bonchev–Trinajstić information content (AvgIpc) is 2.39. The molecule has 2 heterocycles. The Morgan fingerprint density at radius 2 is 1.94 bits per heavy atom. The molecule has 3 rings (SSSR count). The van der Waals surface area contributed by atoms with E-state index in [1.807, 2.05) is 23.1 Å². The average molecular weight is 245 g/mol. The highest BCUT2D eigenvalue weighted by Crippen LogP contribution is 2.38. The van der Waals surface area contributed by atoms with Crippen LogP contribution < -0.4 is 0 Å². The van der Waals surface area contributed by atoms with Crippen LogP contribution in [0.5, 0.6) is 0 Å². The highest BCUT2D eigenvalue weighted by atomic mass is 16.3. The Hall–Kier alpha value is -1.35. The Bertz CT molecular complexity index is 431. The molecule has 0 aromatic heterocycles. The number of nitrogens with zero attached hydrogens (tertiary/aromatic N) is 1. The topological polar surface area (TPSA) is 40.5 Å². The van der Waals surface area contributed by atoms with Crippen LogP contribution in [0.1, 0.15) is 43.7 Å². The number of hydrogen-bond acceptors (Lipinski definition) is 2. The molecule has 1 amide bonds. The third-order valence-corrected chi connectivity index (χ3v) is 4.17. The van der Waals surface area contributed by atoms with Crippen molar-refractivity contribution in [2.75, 3.05) is 0 Å². The number of aliphatic hydroxyl groups excluding tert-OH is 1. The SMILES string of the molecule is O=C1CCCC2CC(O)CC(c3ccccc3)N12. The summed E-state index contributed by atoms with van der Waals surface area (Å²) in [7, 11) is 0. The van der Waals surface area contributed by atoms with Gasteiger partial charge in [0.15, 0.2) is 0 Å². The predicted molar refractivity (Wildman–Crippen MR) is 68.9 cm³/mol. The molecule has 3 unspecified atom stereocenters. The Balaban J connectivity index is 1.93. The molecule has 0 spiro atoms. The van der Waals surface area contributed by atoms with Crippen molar-refractivity contribution in [1.29, 1.82) is 0 Å². The van der Waals surface area contributed by atoms with Crippen molar-refractivity contribution < 1.29 is 9.90 Å². The lowest BCUT2D eigenvalue weighted by molar-refractivity contribution is -0.145. The maximum atomic E-state index is 12.2. The monoisotopic (exact) mass is 245 g/mol. The first-order chi connectivity index (χ1) is 8.75. The van der Waals surface area contributed by atoms with E-state index in [2.05, 4.69) is 12.1 Å². The number of benzene rings is 1. The number of aliphatic hydroxyl groups is 1. The molecule has 3 nitrogen and oxygen atoms in total. The van der Waals surface area contributed by atoms with E-state index in [-0.39, 0.29) is 24.1 Å². The maximum absolute atomic E-state index is 12.2. The molecule has 0 aliphatic carbocycles. The molecule has 2 aliphatic heterocycles. The van der Waals surface area contributed by atoms with Gasteiger partial charge in [-0.3, -0.25) is 4.79 Å². The van der Waals surface area contributed by atoms with Crippen molar-refractivity contribution in [3.05, 3.63) is 35.9 Å². The fourth-order valence-corrected chi connectivity index (χ4v) is 3.37. The van der Waals surface area contributed by atoms with E-state index in [9.17, 15) is 9.90 Å². The van der Waals surface area contributed by atoms with Crippen LogP contribution in [0.15, 0.2) is 30.3 Å². The maximum Gasteiger partial charge on any atom is 0.223 e. The molecule has 1 N–H and O–H groups in total. The lowest BCUT2D eigenvalue weighted by atomic mass is 9.84. The molecule has 2 aliphatic rings. The summed E-state index contributed by atoms with van der Waals surface area (Å²) in [6.07, 6.45) is 3.81. The van der Waals surface area contributed by atoms with Crippen LogP contribution in [0.4, 0.5) is 0 Å².